The summed E-state index contributed by atoms with van der Waals surface area (Å²) in [5.41, 5.74) is 5.43. The molecule has 0 aliphatic rings. The number of nitrogen functional groups attached to an aromatic ring is 1. The Labute approximate surface area is 108 Å². The monoisotopic (exact) mass is 253 g/mol. The second-order valence-electron chi connectivity index (χ2n) is 4.86. The summed E-state index contributed by atoms with van der Waals surface area (Å²) >= 11 is 0. The van der Waals surface area contributed by atoms with E-state index >= 15 is 0 Å². The van der Waals surface area contributed by atoms with Crippen LogP contribution in [-0.2, 0) is 0 Å². The number of nitrogens with one attached hydrogen (secondary N) is 1. The second kappa shape index (κ2) is 6.37. The first-order valence-electron chi connectivity index (χ1n) is 6.48. The van der Waals surface area contributed by atoms with Gasteiger partial charge in [0.2, 0.25) is 11.8 Å². The highest BCUT2D eigenvalue weighted by atomic mass is 16.2. The Morgan fingerprint density at radius 1 is 1.39 bits per heavy atom. The van der Waals surface area contributed by atoms with Crippen LogP contribution < -0.4 is 5.73 Å². The van der Waals surface area contributed by atoms with E-state index in [0.717, 1.165) is 12.8 Å². The molecule has 0 aromatic carbocycles. The SMILES string of the molecule is CCC(CC)N(CC(C)C)C(=O)c1nc(N)n[nH]1. The lowest BCUT2D eigenvalue weighted by Crippen LogP contribution is -2.42. The molecule has 6 nitrogen and oxygen atoms in total. The van der Waals surface area contributed by atoms with Crippen LogP contribution in [-0.4, -0.2) is 38.6 Å². The quantitative estimate of drug-likeness (QED) is 0.807. The summed E-state index contributed by atoms with van der Waals surface area (Å²) in [6.07, 6.45) is 1.86. The van der Waals surface area contributed by atoms with Crippen LogP contribution in [0.25, 0.3) is 0 Å². The molecule has 1 rings (SSSR count). The highest BCUT2D eigenvalue weighted by Crippen LogP contribution is 2.14. The molecule has 1 heterocycles. The predicted octanol–water partition coefficient (Wildman–Crippen LogP) is 1.67. The van der Waals surface area contributed by atoms with Crippen LogP contribution in [0.3, 0.4) is 0 Å². The number of rotatable bonds is 6. The van der Waals surface area contributed by atoms with E-state index in [2.05, 4.69) is 42.9 Å². The van der Waals surface area contributed by atoms with Gasteiger partial charge in [0.05, 0.1) is 0 Å². The zero-order chi connectivity index (χ0) is 13.7. The minimum Gasteiger partial charge on any atom is -0.366 e. The van der Waals surface area contributed by atoms with Gasteiger partial charge in [-0.2, -0.15) is 4.98 Å². The summed E-state index contributed by atoms with van der Waals surface area (Å²) in [4.78, 5) is 18.2. The number of carbonyl (C=O) groups is 1. The first-order valence-corrected chi connectivity index (χ1v) is 6.48. The molecule has 0 unspecified atom stereocenters. The Bertz CT molecular complexity index is 384. The molecule has 6 heteroatoms. The van der Waals surface area contributed by atoms with Crippen molar-refractivity contribution >= 4 is 11.9 Å². The number of aromatic nitrogens is 3. The van der Waals surface area contributed by atoms with Crippen LogP contribution in [0.1, 0.15) is 51.2 Å². The standard InChI is InChI=1S/C12H23N5O/c1-5-9(6-2)17(7-8(3)4)11(18)10-14-12(13)16-15-10/h8-9H,5-7H2,1-4H3,(H3,13,14,15,16). The van der Waals surface area contributed by atoms with E-state index in [9.17, 15) is 4.79 Å². The van der Waals surface area contributed by atoms with Crippen molar-refractivity contribution < 1.29 is 4.79 Å². The number of anilines is 1. The Hall–Kier alpha value is -1.59. The zero-order valence-corrected chi connectivity index (χ0v) is 11.6. The van der Waals surface area contributed by atoms with Crippen molar-refractivity contribution in [2.75, 3.05) is 12.3 Å². The van der Waals surface area contributed by atoms with Crippen molar-refractivity contribution in [3.8, 4) is 0 Å². The van der Waals surface area contributed by atoms with Gasteiger partial charge in [0.25, 0.3) is 5.91 Å². The summed E-state index contributed by atoms with van der Waals surface area (Å²) in [6, 6.07) is 0.228. The average molecular weight is 253 g/mol. The molecule has 102 valence electrons. The lowest BCUT2D eigenvalue weighted by Gasteiger charge is -2.31. The second-order valence-corrected chi connectivity index (χ2v) is 4.86. The van der Waals surface area contributed by atoms with E-state index in [0.29, 0.717) is 12.5 Å². The highest BCUT2D eigenvalue weighted by Gasteiger charge is 2.25. The van der Waals surface area contributed by atoms with E-state index in [1.54, 1.807) is 0 Å². The first-order chi connectivity index (χ1) is 8.49. The van der Waals surface area contributed by atoms with Crippen LogP contribution >= 0.6 is 0 Å². The van der Waals surface area contributed by atoms with E-state index in [1.807, 2.05) is 4.90 Å². The molecule has 0 radical (unpaired) electrons. The Kier molecular flexibility index (Phi) is 5.12. The summed E-state index contributed by atoms with van der Waals surface area (Å²) < 4.78 is 0. The molecule has 1 aromatic heterocycles. The largest absolute Gasteiger partial charge is 0.366 e. The van der Waals surface area contributed by atoms with Crippen molar-refractivity contribution in [1.29, 1.82) is 0 Å². The third kappa shape index (κ3) is 3.45. The Morgan fingerprint density at radius 3 is 2.39 bits per heavy atom. The van der Waals surface area contributed by atoms with Crippen LogP contribution in [0.2, 0.25) is 0 Å². The van der Waals surface area contributed by atoms with Gasteiger partial charge in [-0.3, -0.25) is 9.89 Å². The average Bonchev–Trinajstić information content (AvgIpc) is 2.74. The van der Waals surface area contributed by atoms with Crippen molar-refractivity contribution in [3.05, 3.63) is 5.82 Å². The molecule has 0 saturated carbocycles. The summed E-state index contributed by atoms with van der Waals surface area (Å²) in [5, 5.41) is 6.29. The van der Waals surface area contributed by atoms with Crippen molar-refractivity contribution in [2.45, 2.75) is 46.6 Å². The van der Waals surface area contributed by atoms with Gasteiger partial charge in [0.1, 0.15) is 0 Å². The molecule has 1 aromatic rings. The molecule has 0 atom stereocenters. The fraction of sp³-hybridized carbons (Fsp3) is 0.750. The lowest BCUT2D eigenvalue weighted by molar-refractivity contribution is 0.0628. The number of hydrogen-bond acceptors (Lipinski definition) is 4. The maximum absolute atomic E-state index is 12.4. The molecule has 1 amide bonds. The third-order valence-corrected chi connectivity index (χ3v) is 2.91. The molecule has 0 aliphatic heterocycles. The van der Waals surface area contributed by atoms with Crippen LogP contribution in [0.5, 0.6) is 0 Å². The summed E-state index contributed by atoms with van der Waals surface area (Å²) in [5.74, 6) is 0.615. The van der Waals surface area contributed by atoms with Gasteiger partial charge in [-0.25, -0.2) is 0 Å². The van der Waals surface area contributed by atoms with Gasteiger partial charge in [-0.05, 0) is 18.8 Å². The number of aromatic amines is 1. The van der Waals surface area contributed by atoms with Crippen molar-refractivity contribution in [3.63, 3.8) is 0 Å². The minimum atomic E-state index is -0.124. The van der Waals surface area contributed by atoms with Gasteiger partial charge >= 0.3 is 0 Å². The van der Waals surface area contributed by atoms with Gasteiger partial charge in [0.15, 0.2) is 0 Å². The van der Waals surface area contributed by atoms with E-state index < -0.39 is 0 Å². The number of hydrogen-bond donors (Lipinski definition) is 2. The smallest absolute Gasteiger partial charge is 0.291 e. The van der Waals surface area contributed by atoms with Crippen LogP contribution in [0, 0.1) is 5.92 Å². The predicted molar refractivity (Wildman–Crippen MR) is 71.0 cm³/mol. The lowest BCUT2D eigenvalue weighted by atomic mass is 10.1. The van der Waals surface area contributed by atoms with E-state index in [1.165, 1.54) is 0 Å². The highest BCUT2D eigenvalue weighted by molar-refractivity contribution is 5.90. The number of amides is 1. The van der Waals surface area contributed by atoms with Gasteiger partial charge in [-0.15, -0.1) is 5.10 Å². The summed E-state index contributed by atoms with van der Waals surface area (Å²) in [6.45, 7) is 9.08. The number of nitrogens with zero attached hydrogens (tertiary/aromatic N) is 3. The molecule has 18 heavy (non-hydrogen) atoms. The maximum Gasteiger partial charge on any atom is 0.291 e. The van der Waals surface area contributed by atoms with Crippen LogP contribution in [0.15, 0.2) is 0 Å². The molecule has 3 N–H and O–H groups in total. The van der Waals surface area contributed by atoms with Crippen molar-refractivity contribution in [1.82, 2.24) is 20.1 Å². The van der Waals surface area contributed by atoms with Crippen LogP contribution in [0.4, 0.5) is 5.95 Å². The van der Waals surface area contributed by atoms with Gasteiger partial charge < -0.3 is 10.6 Å². The topological polar surface area (TPSA) is 87.9 Å². The number of H-pyrrole nitrogens is 1. The Morgan fingerprint density at radius 2 is 2.00 bits per heavy atom. The number of carbonyl (C=O) groups excluding carboxylic acids is 1. The molecular weight excluding hydrogens is 230 g/mol. The Balaban J connectivity index is 2.91. The zero-order valence-electron chi connectivity index (χ0n) is 11.6. The molecule has 0 aliphatic carbocycles. The summed E-state index contributed by atoms with van der Waals surface area (Å²) in [7, 11) is 0. The fourth-order valence-electron chi connectivity index (χ4n) is 2.03. The first kappa shape index (κ1) is 14.5. The maximum atomic E-state index is 12.4. The third-order valence-electron chi connectivity index (χ3n) is 2.91. The molecular formula is C12H23N5O. The molecule has 0 bridgehead atoms. The molecule has 0 saturated heterocycles. The van der Waals surface area contributed by atoms with Crippen molar-refractivity contribution in [2.24, 2.45) is 5.92 Å². The van der Waals surface area contributed by atoms with Gasteiger partial charge in [0, 0.05) is 12.6 Å². The minimum absolute atomic E-state index is 0.104. The fourth-order valence-corrected chi connectivity index (χ4v) is 2.03. The van der Waals surface area contributed by atoms with E-state index in [4.69, 9.17) is 5.73 Å². The van der Waals surface area contributed by atoms with E-state index in [-0.39, 0.29) is 23.7 Å². The normalized spacial score (nSPS) is 11.2. The molecule has 0 fully saturated rings. The number of nitrogens with two attached hydrogens (primary N) is 1. The van der Waals surface area contributed by atoms with Gasteiger partial charge in [-0.1, -0.05) is 27.7 Å². The molecule has 0 spiro atoms.